The lowest BCUT2D eigenvalue weighted by Crippen LogP contribution is -2.43. The molecule has 0 radical (unpaired) electrons. The number of amides is 1. The Labute approximate surface area is 274 Å². The Balaban J connectivity index is 1.35. The van der Waals surface area contributed by atoms with Crippen LogP contribution in [0.2, 0.25) is 0 Å². The molecule has 0 aromatic heterocycles. The Hall–Kier alpha value is -5.07. The number of hydrogen-bond donors (Lipinski definition) is 4. The van der Waals surface area contributed by atoms with E-state index >= 15 is 0 Å². The number of carbonyl (C=O) groups excluding carboxylic acids is 1. The molecule has 1 amide bonds. The standard InChI is InChI=1S/C35H39N3O8S/c1-25-31(37-47(2,43)44)10-6-11-33(25)38(22-26-8-4-3-5-9-26)23-27-13-15-29(16-14-27)46-30-19-17-28(18-20-30)45-21-7-12-34(40)36-32(24-39)35(41)42/h3-6,8-11,13-20,32,37,39H,7,12,21-24H2,1-2H3,(H,36,40)(H,41,42)/t32-/m0/s1. The van der Waals surface area contributed by atoms with Crippen LogP contribution in [0.5, 0.6) is 17.2 Å². The number of carboxylic acids is 1. The van der Waals surface area contributed by atoms with Crippen LogP contribution in [0, 0.1) is 6.92 Å². The van der Waals surface area contributed by atoms with Crippen molar-refractivity contribution in [2.75, 3.05) is 29.1 Å². The molecule has 11 nitrogen and oxygen atoms in total. The van der Waals surface area contributed by atoms with Crippen molar-refractivity contribution in [3.63, 3.8) is 0 Å². The van der Waals surface area contributed by atoms with Crippen LogP contribution in [0.1, 0.15) is 29.5 Å². The molecule has 4 N–H and O–H groups in total. The highest BCUT2D eigenvalue weighted by molar-refractivity contribution is 7.92. The van der Waals surface area contributed by atoms with E-state index in [9.17, 15) is 18.0 Å². The second kappa shape index (κ2) is 16.5. The molecule has 47 heavy (non-hydrogen) atoms. The van der Waals surface area contributed by atoms with Crippen molar-refractivity contribution in [1.29, 1.82) is 0 Å². The first-order valence-corrected chi connectivity index (χ1v) is 16.9. The van der Waals surface area contributed by atoms with Gasteiger partial charge in [0.05, 0.1) is 25.2 Å². The van der Waals surface area contributed by atoms with Crippen LogP contribution >= 0.6 is 0 Å². The number of benzene rings is 4. The van der Waals surface area contributed by atoms with Crippen LogP contribution < -0.4 is 24.4 Å². The van der Waals surface area contributed by atoms with Crippen LogP contribution in [-0.4, -0.2) is 56.0 Å². The third kappa shape index (κ3) is 11.0. The molecule has 0 saturated carbocycles. The molecular weight excluding hydrogens is 622 g/mol. The van der Waals surface area contributed by atoms with E-state index in [1.54, 1.807) is 30.3 Å². The van der Waals surface area contributed by atoms with Crippen molar-refractivity contribution in [2.24, 2.45) is 0 Å². The zero-order valence-electron chi connectivity index (χ0n) is 26.3. The van der Waals surface area contributed by atoms with Gasteiger partial charge in [0.25, 0.3) is 0 Å². The van der Waals surface area contributed by atoms with Gasteiger partial charge in [0.2, 0.25) is 15.9 Å². The van der Waals surface area contributed by atoms with Gasteiger partial charge in [0, 0.05) is 25.2 Å². The largest absolute Gasteiger partial charge is 0.494 e. The van der Waals surface area contributed by atoms with Crippen molar-refractivity contribution < 1.29 is 37.7 Å². The van der Waals surface area contributed by atoms with Gasteiger partial charge in [-0.25, -0.2) is 13.2 Å². The fourth-order valence-electron chi connectivity index (χ4n) is 4.80. The molecule has 4 aromatic carbocycles. The van der Waals surface area contributed by atoms with Crippen LogP contribution in [0.25, 0.3) is 0 Å². The fourth-order valence-corrected chi connectivity index (χ4v) is 5.43. The molecule has 0 aliphatic carbocycles. The van der Waals surface area contributed by atoms with Crippen molar-refractivity contribution in [3.8, 4) is 17.2 Å². The third-order valence-electron chi connectivity index (χ3n) is 7.15. The molecule has 0 spiro atoms. The Kier molecular flexibility index (Phi) is 12.2. The Morgan fingerprint density at radius 3 is 2.02 bits per heavy atom. The number of nitrogens with zero attached hydrogens (tertiary/aromatic N) is 1. The molecule has 0 unspecified atom stereocenters. The van der Waals surface area contributed by atoms with E-state index in [2.05, 4.69) is 27.1 Å². The molecule has 248 valence electrons. The summed E-state index contributed by atoms with van der Waals surface area (Å²) in [5, 5.41) is 20.2. The number of ether oxygens (including phenoxy) is 2. The smallest absolute Gasteiger partial charge is 0.328 e. The number of carbonyl (C=O) groups is 2. The van der Waals surface area contributed by atoms with Gasteiger partial charge in [-0.05, 0) is 78.6 Å². The first-order valence-electron chi connectivity index (χ1n) is 15.0. The Morgan fingerprint density at radius 1 is 0.830 bits per heavy atom. The maximum atomic E-state index is 11.9. The lowest BCUT2D eigenvalue weighted by atomic mass is 10.1. The van der Waals surface area contributed by atoms with E-state index in [4.69, 9.17) is 19.7 Å². The Bertz CT molecular complexity index is 1730. The topological polar surface area (TPSA) is 154 Å². The van der Waals surface area contributed by atoms with Crippen LogP contribution in [0.15, 0.2) is 97.1 Å². The minimum atomic E-state index is -3.43. The lowest BCUT2D eigenvalue weighted by molar-refractivity contribution is -0.143. The highest BCUT2D eigenvalue weighted by Gasteiger charge is 2.18. The van der Waals surface area contributed by atoms with Crippen molar-refractivity contribution >= 4 is 33.3 Å². The first kappa shape index (κ1) is 34.8. The van der Waals surface area contributed by atoms with Gasteiger partial charge in [-0.3, -0.25) is 9.52 Å². The minimum absolute atomic E-state index is 0.0668. The summed E-state index contributed by atoms with van der Waals surface area (Å²) in [5.41, 5.74) is 4.46. The van der Waals surface area contributed by atoms with Gasteiger partial charge in [0.1, 0.15) is 23.3 Å². The monoisotopic (exact) mass is 661 g/mol. The number of aliphatic hydroxyl groups is 1. The zero-order chi connectivity index (χ0) is 33.8. The van der Waals surface area contributed by atoms with Gasteiger partial charge in [-0.1, -0.05) is 48.5 Å². The Morgan fingerprint density at radius 2 is 1.43 bits per heavy atom. The molecule has 0 saturated heterocycles. The van der Waals surface area contributed by atoms with Crippen molar-refractivity contribution in [3.05, 3.63) is 114 Å². The van der Waals surface area contributed by atoms with Gasteiger partial charge < -0.3 is 29.9 Å². The summed E-state index contributed by atoms with van der Waals surface area (Å²) in [6, 6.07) is 29.2. The maximum Gasteiger partial charge on any atom is 0.328 e. The van der Waals surface area contributed by atoms with Crippen molar-refractivity contribution in [2.45, 2.75) is 38.9 Å². The highest BCUT2D eigenvalue weighted by atomic mass is 32.2. The normalized spacial score (nSPS) is 11.7. The second-order valence-corrected chi connectivity index (χ2v) is 12.7. The minimum Gasteiger partial charge on any atom is -0.494 e. The zero-order valence-corrected chi connectivity index (χ0v) is 27.1. The second-order valence-electron chi connectivity index (χ2n) is 11.0. The van der Waals surface area contributed by atoms with E-state index in [-0.39, 0.29) is 13.0 Å². The quantitative estimate of drug-likeness (QED) is 0.113. The molecule has 12 heteroatoms. The summed E-state index contributed by atoms with van der Waals surface area (Å²) in [6.07, 6.45) is 1.58. The molecule has 0 bridgehead atoms. The SMILES string of the molecule is Cc1c(NS(C)(=O)=O)cccc1N(Cc1ccccc1)Cc1ccc(Oc2ccc(OCCCC(=O)N[C@@H](CO)C(=O)O)cc2)cc1. The summed E-state index contributed by atoms with van der Waals surface area (Å²) in [5.74, 6) is 0.0997. The summed E-state index contributed by atoms with van der Waals surface area (Å²) in [4.78, 5) is 25.0. The molecule has 1 atom stereocenters. The number of aliphatic hydroxyl groups excluding tert-OH is 1. The first-order chi connectivity index (χ1) is 22.5. The van der Waals surface area contributed by atoms with Gasteiger partial charge in [-0.15, -0.1) is 0 Å². The molecule has 4 aromatic rings. The summed E-state index contributed by atoms with van der Waals surface area (Å²) < 4.78 is 38.2. The molecule has 4 rings (SSSR count). The third-order valence-corrected chi connectivity index (χ3v) is 7.74. The number of carboxylic acid groups (broad SMARTS) is 1. The van der Waals surface area contributed by atoms with E-state index in [0.717, 1.165) is 28.6 Å². The van der Waals surface area contributed by atoms with Gasteiger partial charge in [-0.2, -0.15) is 0 Å². The van der Waals surface area contributed by atoms with Gasteiger partial charge in [0.15, 0.2) is 0 Å². The number of anilines is 2. The number of nitrogens with one attached hydrogen (secondary N) is 2. The summed E-state index contributed by atoms with van der Waals surface area (Å²) in [6.45, 7) is 2.69. The van der Waals surface area contributed by atoms with Crippen LogP contribution in [-0.2, 0) is 32.7 Å². The van der Waals surface area contributed by atoms with E-state index in [0.29, 0.717) is 42.4 Å². The van der Waals surface area contributed by atoms with E-state index in [1.165, 1.54) is 0 Å². The maximum absolute atomic E-state index is 11.9. The molecule has 0 aliphatic heterocycles. The molecule has 0 aliphatic rings. The van der Waals surface area contributed by atoms with E-state index in [1.807, 2.05) is 61.5 Å². The summed E-state index contributed by atoms with van der Waals surface area (Å²) >= 11 is 0. The molecule has 0 fully saturated rings. The predicted octanol–water partition coefficient (Wildman–Crippen LogP) is 5.09. The number of rotatable bonds is 17. The number of aliphatic carboxylic acids is 1. The molecular formula is C35H39N3O8S. The van der Waals surface area contributed by atoms with Crippen LogP contribution in [0.4, 0.5) is 11.4 Å². The average Bonchev–Trinajstić information content (AvgIpc) is 3.04. The predicted molar refractivity (Wildman–Crippen MR) is 180 cm³/mol. The van der Waals surface area contributed by atoms with E-state index < -0.39 is 34.5 Å². The van der Waals surface area contributed by atoms with Crippen LogP contribution in [0.3, 0.4) is 0 Å². The summed E-state index contributed by atoms with van der Waals surface area (Å²) in [7, 11) is -3.43. The lowest BCUT2D eigenvalue weighted by Gasteiger charge is -2.28. The van der Waals surface area contributed by atoms with Crippen molar-refractivity contribution in [1.82, 2.24) is 5.32 Å². The molecule has 0 heterocycles. The average molecular weight is 662 g/mol. The highest BCUT2D eigenvalue weighted by Crippen LogP contribution is 2.31. The fraction of sp³-hybridized carbons (Fsp3) is 0.257. The number of hydrogen-bond acceptors (Lipinski definition) is 8. The van der Waals surface area contributed by atoms with Gasteiger partial charge >= 0.3 is 5.97 Å². The number of sulfonamides is 1.